The van der Waals surface area contributed by atoms with E-state index in [1.165, 1.54) is 18.2 Å². The first kappa shape index (κ1) is 16.3. The highest BCUT2D eigenvalue weighted by Crippen LogP contribution is 2.32. The first-order valence-electron chi connectivity index (χ1n) is 7.16. The number of carbonyl (C=O) groups is 1. The molecule has 1 heterocycles. The number of benzene rings is 2. The first-order valence-corrected chi connectivity index (χ1v) is 8.60. The van der Waals surface area contributed by atoms with Crippen LogP contribution in [0.1, 0.15) is 16.7 Å². The summed E-state index contributed by atoms with van der Waals surface area (Å²) >= 11 is 0. The molecular formula is C16H15FN2O4S. The van der Waals surface area contributed by atoms with Crippen molar-refractivity contribution in [2.24, 2.45) is 0 Å². The van der Waals surface area contributed by atoms with Crippen molar-refractivity contribution in [2.75, 3.05) is 10.8 Å². The smallest absolute Gasteiger partial charge is 0.326 e. The molecule has 2 aromatic carbocycles. The number of carbonyl (C=O) groups excluding carboxylic acids is 1. The second-order valence-corrected chi connectivity index (χ2v) is 7.23. The van der Waals surface area contributed by atoms with Crippen molar-refractivity contribution in [1.29, 1.82) is 0 Å². The van der Waals surface area contributed by atoms with Gasteiger partial charge in [-0.25, -0.2) is 13.4 Å². The zero-order chi connectivity index (χ0) is 17.5. The van der Waals surface area contributed by atoms with Crippen LogP contribution < -0.4 is 9.03 Å². The van der Waals surface area contributed by atoms with E-state index in [9.17, 15) is 22.7 Å². The predicted molar refractivity (Wildman–Crippen MR) is 86.5 cm³/mol. The summed E-state index contributed by atoms with van der Waals surface area (Å²) in [6, 6.07) is 9.25. The number of halogens is 1. The molecule has 6 nitrogen and oxygen atoms in total. The number of nitrogens with one attached hydrogen (secondary N) is 1. The minimum atomic E-state index is -3.98. The van der Waals surface area contributed by atoms with E-state index in [0.29, 0.717) is 11.1 Å². The van der Waals surface area contributed by atoms with Crippen LogP contribution >= 0.6 is 0 Å². The third-order valence-corrected chi connectivity index (χ3v) is 5.12. The van der Waals surface area contributed by atoms with Crippen LogP contribution in [0.15, 0.2) is 36.4 Å². The predicted octanol–water partition coefficient (Wildman–Crippen LogP) is 1.61. The van der Waals surface area contributed by atoms with Gasteiger partial charge in [0.2, 0.25) is 0 Å². The molecule has 0 unspecified atom stereocenters. The second-order valence-electron chi connectivity index (χ2n) is 5.63. The summed E-state index contributed by atoms with van der Waals surface area (Å²) in [5, 5.41) is 10.1. The van der Waals surface area contributed by atoms with Crippen LogP contribution in [0, 0.1) is 12.7 Å². The van der Waals surface area contributed by atoms with Crippen LogP contribution in [-0.2, 0) is 21.4 Å². The van der Waals surface area contributed by atoms with Gasteiger partial charge in [-0.1, -0.05) is 18.2 Å². The number of rotatable bonds is 3. The second kappa shape index (κ2) is 5.79. The quantitative estimate of drug-likeness (QED) is 0.881. The Hall–Kier alpha value is -2.61. The highest BCUT2D eigenvalue weighted by atomic mass is 32.2. The van der Waals surface area contributed by atoms with Crippen LogP contribution in [0.2, 0.25) is 0 Å². The maximum atomic E-state index is 13.9. The van der Waals surface area contributed by atoms with Gasteiger partial charge in [0.1, 0.15) is 18.1 Å². The number of aromatic hydroxyl groups is 1. The fraction of sp³-hybridized carbons (Fsp3) is 0.188. The van der Waals surface area contributed by atoms with Gasteiger partial charge in [-0.2, -0.15) is 8.42 Å². The van der Waals surface area contributed by atoms with Crippen molar-refractivity contribution in [1.82, 2.24) is 4.72 Å². The summed E-state index contributed by atoms with van der Waals surface area (Å²) in [6.45, 7) is 1.40. The van der Waals surface area contributed by atoms with Crippen LogP contribution in [0.5, 0.6) is 5.75 Å². The Morgan fingerprint density at radius 2 is 2.00 bits per heavy atom. The van der Waals surface area contributed by atoms with Gasteiger partial charge < -0.3 is 5.11 Å². The summed E-state index contributed by atoms with van der Waals surface area (Å²) in [7, 11) is -3.98. The largest absolute Gasteiger partial charge is 0.506 e. The van der Waals surface area contributed by atoms with Gasteiger partial charge in [-0.3, -0.25) is 4.79 Å². The fourth-order valence-corrected chi connectivity index (χ4v) is 3.73. The van der Waals surface area contributed by atoms with Crippen molar-refractivity contribution in [2.45, 2.75) is 13.3 Å². The zero-order valence-electron chi connectivity index (χ0n) is 12.8. The average Bonchev–Trinajstić information content (AvgIpc) is 2.75. The molecule has 0 aliphatic carbocycles. The van der Waals surface area contributed by atoms with Crippen molar-refractivity contribution >= 4 is 21.8 Å². The molecule has 0 aromatic heterocycles. The summed E-state index contributed by atoms with van der Waals surface area (Å²) in [6.07, 6.45) is 0.254. The molecule has 0 bridgehead atoms. The van der Waals surface area contributed by atoms with Crippen molar-refractivity contribution in [3.05, 3.63) is 58.9 Å². The number of phenolic OH excluding ortho intramolecular Hbond substituents is 1. The van der Waals surface area contributed by atoms with Crippen molar-refractivity contribution in [3.8, 4) is 5.75 Å². The molecule has 2 aromatic rings. The van der Waals surface area contributed by atoms with Crippen LogP contribution in [0.25, 0.3) is 0 Å². The Kier molecular flexibility index (Phi) is 3.92. The molecule has 3 rings (SSSR count). The van der Waals surface area contributed by atoms with Gasteiger partial charge in [-0.05, 0) is 41.8 Å². The van der Waals surface area contributed by atoms with Gasteiger partial charge in [0.05, 0.1) is 5.69 Å². The minimum absolute atomic E-state index is 0.00137. The summed E-state index contributed by atoms with van der Waals surface area (Å²) < 4.78 is 40.2. The molecule has 1 aliphatic rings. The molecule has 0 saturated carbocycles. The van der Waals surface area contributed by atoms with Gasteiger partial charge in [0, 0.05) is 6.42 Å². The van der Waals surface area contributed by atoms with E-state index in [-0.39, 0.29) is 30.2 Å². The summed E-state index contributed by atoms with van der Waals surface area (Å²) in [4.78, 5) is 11.3. The Morgan fingerprint density at radius 1 is 1.25 bits per heavy atom. The lowest BCUT2D eigenvalue weighted by Crippen LogP contribution is -2.29. The Morgan fingerprint density at radius 3 is 2.58 bits per heavy atom. The SMILES string of the molecule is Cc1ccc(Cc2ccc(N3CC(=O)NS3(=O)=O)c(O)c2)c(F)c1. The standard InChI is InChI=1S/C16H15FN2O4S/c1-10-2-4-12(13(17)6-10)7-11-3-5-14(15(20)8-11)19-9-16(21)18-24(19,22)23/h2-6,8,20H,7,9H2,1H3,(H,18,21). The molecule has 24 heavy (non-hydrogen) atoms. The molecule has 1 saturated heterocycles. The van der Waals surface area contributed by atoms with Crippen LogP contribution in [-0.4, -0.2) is 26.0 Å². The van der Waals surface area contributed by atoms with Gasteiger partial charge >= 0.3 is 10.2 Å². The van der Waals surface area contributed by atoms with Crippen molar-refractivity contribution < 1.29 is 22.7 Å². The van der Waals surface area contributed by atoms with Crippen molar-refractivity contribution in [3.63, 3.8) is 0 Å². The van der Waals surface area contributed by atoms with Gasteiger partial charge in [0.25, 0.3) is 5.91 Å². The molecule has 0 radical (unpaired) electrons. The molecule has 0 atom stereocenters. The van der Waals surface area contributed by atoms with E-state index in [1.807, 2.05) is 4.72 Å². The minimum Gasteiger partial charge on any atom is -0.506 e. The normalized spacial score (nSPS) is 16.2. The molecule has 1 aliphatic heterocycles. The number of anilines is 1. The van der Waals surface area contributed by atoms with E-state index < -0.39 is 16.1 Å². The molecule has 2 N–H and O–H groups in total. The Balaban J connectivity index is 1.89. The number of aryl methyl sites for hydroxylation is 1. The zero-order valence-corrected chi connectivity index (χ0v) is 13.6. The number of hydrogen-bond acceptors (Lipinski definition) is 4. The maximum Gasteiger partial charge on any atom is 0.326 e. The monoisotopic (exact) mass is 350 g/mol. The lowest BCUT2D eigenvalue weighted by atomic mass is 10.0. The highest BCUT2D eigenvalue weighted by Gasteiger charge is 2.35. The van der Waals surface area contributed by atoms with Crippen LogP contribution in [0.3, 0.4) is 0 Å². The number of phenols is 1. The highest BCUT2D eigenvalue weighted by molar-refractivity contribution is 7.92. The lowest BCUT2D eigenvalue weighted by molar-refractivity contribution is -0.117. The number of amides is 1. The van der Waals surface area contributed by atoms with Gasteiger partial charge in [-0.15, -0.1) is 0 Å². The molecular weight excluding hydrogens is 335 g/mol. The first-order chi connectivity index (χ1) is 11.3. The topological polar surface area (TPSA) is 86.7 Å². The number of nitrogens with zero attached hydrogens (tertiary/aromatic N) is 1. The lowest BCUT2D eigenvalue weighted by Gasteiger charge is -2.16. The fourth-order valence-electron chi connectivity index (χ4n) is 2.57. The molecule has 126 valence electrons. The van der Waals surface area contributed by atoms with E-state index in [2.05, 4.69) is 0 Å². The van der Waals surface area contributed by atoms with E-state index >= 15 is 0 Å². The Labute approximate surface area is 138 Å². The number of hydrogen-bond donors (Lipinski definition) is 2. The van der Waals surface area contributed by atoms with E-state index in [0.717, 1.165) is 9.87 Å². The van der Waals surface area contributed by atoms with Gasteiger partial charge in [0.15, 0.2) is 0 Å². The third kappa shape index (κ3) is 3.05. The van der Waals surface area contributed by atoms with Crippen LogP contribution in [0.4, 0.5) is 10.1 Å². The Bertz CT molecular complexity index is 928. The third-order valence-electron chi connectivity index (χ3n) is 3.73. The molecule has 0 spiro atoms. The van der Waals surface area contributed by atoms with E-state index in [4.69, 9.17) is 0 Å². The molecule has 8 heteroatoms. The maximum absolute atomic E-state index is 13.9. The molecule has 1 fully saturated rings. The van der Waals surface area contributed by atoms with E-state index in [1.54, 1.807) is 25.1 Å². The summed E-state index contributed by atoms with van der Waals surface area (Å²) in [5.74, 6) is -1.30. The molecule has 1 amide bonds. The average molecular weight is 350 g/mol. The summed E-state index contributed by atoms with van der Waals surface area (Å²) in [5.41, 5.74) is 1.90.